The predicted molar refractivity (Wildman–Crippen MR) is 130 cm³/mol. The Morgan fingerprint density at radius 3 is 2.62 bits per heavy atom. The van der Waals surface area contributed by atoms with Gasteiger partial charge in [0.1, 0.15) is 0 Å². The van der Waals surface area contributed by atoms with Crippen molar-refractivity contribution in [3.63, 3.8) is 0 Å². The van der Waals surface area contributed by atoms with Crippen LogP contribution in [-0.4, -0.2) is 29.1 Å². The highest BCUT2D eigenvalue weighted by atomic mass is 32.2. The Morgan fingerprint density at radius 1 is 1.03 bits per heavy atom. The normalized spacial score (nSPS) is 19.5. The molecule has 0 aliphatic carbocycles. The van der Waals surface area contributed by atoms with Crippen LogP contribution in [-0.2, 0) is 16.2 Å². The average molecular weight is 444 g/mol. The van der Waals surface area contributed by atoms with Crippen LogP contribution < -0.4 is 10.2 Å². The van der Waals surface area contributed by atoms with Gasteiger partial charge in [0, 0.05) is 23.5 Å². The molecule has 1 N–H and O–H groups in total. The van der Waals surface area contributed by atoms with Gasteiger partial charge >= 0.3 is 6.03 Å². The summed E-state index contributed by atoms with van der Waals surface area (Å²) in [6.45, 7) is 5.05. The van der Waals surface area contributed by atoms with Crippen molar-refractivity contribution < 1.29 is 9.59 Å². The smallest absolute Gasteiger partial charge is 0.308 e. The van der Waals surface area contributed by atoms with E-state index in [4.69, 9.17) is 0 Å². The van der Waals surface area contributed by atoms with Gasteiger partial charge in [0.15, 0.2) is 4.87 Å². The number of rotatable bonds is 3. The van der Waals surface area contributed by atoms with Crippen LogP contribution in [0.3, 0.4) is 0 Å². The van der Waals surface area contributed by atoms with E-state index in [1.165, 1.54) is 0 Å². The number of thioether (sulfide) groups is 1. The Hall–Kier alpha value is -3.25. The number of carbonyl (C=O) groups is 2. The lowest BCUT2D eigenvalue weighted by Gasteiger charge is -2.33. The number of hydrogen-bond donors (Lipinski definition) is 1. The summed E-state index contributed by atoms with van der Waals surface area (Å²) in [5.41, 5.74) is 5.82. The number of nitrogens with zero attached hydrogens (tertiary/aromatic N) is 2. The van der Waals surface area contributed by atoms with E-state index in [0.717, 1.165) is 33.6 Å². The molecule has 3 aromatic rings. The Morgan fingerprint density at radius 2 is 1.81 bits per heavy atom. The molecule has 1 atom stereocenters. The Labute approximate surface area is 192 Å². The molecule has 5 nitrogen and oxygen atoms in total. The summed E-state index contributed by atoms with van der Waals surface area (Å²) < 4.78 is 0. The minimum absolute atomic E-state index is 0.0520. The molecule has 3 aromatic carbocycles. The molecule has 0 aromatic heterocycles. The average Bonchev–Trinajstić information content (AvgIpc) is 3.33. The summed E-state index contributed by atoms with van der Waals surface area (Å²) in [5, 5.41) is 3.00. The zero-order valence-corrected chi connectivity index (χ0v) is 19.0. The maximum absolute atomic E-state index is 14.0. The second-order valence-corrected chi connectivity index (χ2v) is 9.57. The van der Waals surface area contributed by atoms with Crippen molar-refractivity contribution in [3.05, 3.63) is 95.1 Å². The second kappa shape index (κ2) is 8.02. The van der Waals surface area contributed by atoms with E-state index in [2.05, 4.69) is 24.4 Å². The first-order valence-electron chi connectivity index (χ1n) is 10.8. The number of para-hydroxylation sites is 1. The van der Waals surface area contributed by atoms with Gasteiger partial charge < -0.3 is 10.2 Å². The Balaban J connectivity index is 1.52. The summed E-state index contributed by atoms with van der Waals surface area (Å²) >= 11 is 1.55. The summed E-state index contributed by atoms with van der Waals surface area (Å²) in [6, 6.07) is 23.4. The zero-order valence-electron chi connectivity index (χ0n) is 18.2. The van der Waals surface area contributed by atoms with Crippen LogP contribution in [0.15, 0.2) is 72.8 Å². The number of fused-ring (bicyclic) bond motifs is 2. The van der Waals surface area contributed by atoms with Crippen molar-refractivity contribution in [1.82, 2.24) is 4.90 Å². The zero-order chi connectivity index (χ0) is 22.3. The lowest BCUT2D eigenvalue weighted by atomic mass is 10.1. The van der Waals surface area contributed by atoms with E-state index in [1.807, 2.05) is 72.5 Å². The number of aryl methyl sites for hydroxylation is 2. The SMILES string of the molecule is Cc1cccc(NC(=O)N2CCSC23C(=O)N(Cc2ccccc2C)c2ccccc23)c1. The standard InChI is InChI=1S/C26H25N3O2S/c1-18-8-7-11-21(16-18)27-25(31)29-14-15-32-26(29)22-12-5-6-13-23(22)28(24(26)30)17-20-10-4-3-9-19(20)2/h3-13,16H,14-15,17H2,1-2H3,(H,27,31). The van der Waals surface area contributed by atoms with Gasteiger partial charge in [-0.15, -0.1) is 11.8 Å². The first-order chi connectivity index (χ1) is 15.5. The predicted octanol–water partition coefficient (Wildman–Crippen LogP) is 5.28. The molecule has 5 rings (SSSR count). The van der Waals surface area contributed by atoms with Crippen molar-refractivity contribution in [2.75, 3.05) is 22.5 Å². The molecule has 0 bridgehead atoms. The highest BCUT2D eigenvalue weighted by Crippen LogP contribution is 2.54. The number of hydrogen-bond acceptors (Lipinski definition) is 3. The molecule has 1 fully saturated rings. The number of anilines is 2. The lowest BCUT2D eigenvalue weighted by molar-refractivity contribution is -0.123. The van der Waals surface area contributed by atoms with E-state index in [-0.39, 0.29) is 11.9 Å². The van der Waals surface area contributed by atoms with Crippen molar-refractivity contribution in [3.8, 4) is 0 Å². The van der Waals surface area contributed by atoms with Gasteiger partial charge in [-0.25, -0.2) is 4.79 Å². The van der Waals surface area contributed by atoms with Gasteiger partial charge in [-0.3, -0.25) is 9.69 Å². The summed E-state index contributed by atoms with van der Waals surface area (Å²) in [4.78, 5) is 29.9. The van der Waals surface area contributed by atoms with E-state index in [9.17, 15) is 9.59 Å². The number of urea groups is 1. The number of carbonyl (C=O) groups excluding carboxylic acids is 2. The maximum atomic E-state index is 14.0. The topological polar surface area (TPSA) is 52.7 Å². The number of nitrogens with one attached hydrogen (secondary N) is 1. The third kappa shape index (κ3) is 3.26. The van der Waals surface area contributed by atoms with Crippen molar-refractivity contribution in [2.45, 2.75) is 25.3 Å². The first-order valence-corrected chi connectivity index (χ1v) is 11.7. The first kappa shape index (κ1) is 20.6. The third-order valence-electron chi connectivity index (χ3n) is 6.21. The molecule has 0 radical (unpaired) electrons. The molecule has 2 aliphatic rings. The van der Waals surface area contributed by atoms with Crippen molar-refractivity contribution in [1.29, 1.82) is 0 Å². The van der Waals surface area contributed by atoms with Crippen molar-refractivity contribution in [2.24, 2.45) is 0 Å². The highest BCUT2D eigenvalue weighted by Gasteiger charge is 2.59. The largest absolute Gasteiger partial charge is 0.323 e. The molecule has 1 saturated heterocycles. The van der Waals surface area contributed by atoms with Gasteiger partial charge in [0.2, 0.25) is 0 Å². The molecule has 1 unspecified atom stereocenters. The lowest BCUT2D eigenvalue weighted by Crippen LogP contribution is -2.51. The molecular weight excluding hydrogens is 418 g/mol. The minimum Gasteiger partial charge on any atom is -0.308 e. The molecular formula is C26H25N3O2S. The molecule has 1 spiro atoms. The van der Waals surface area contributed by atoms with E-state index in [0.29, 0.717) is 18.8 Å². The van der Waals surface area contributed by atoms with Gasteiger partial charge in [-0.05, 0) is 48.7 Å². The third-order valence-corrected chi connectivity index (χ3v) is 7.62. The van der Waals surface area contributed by atoms with Crippen LogP contribution in [0.25, 0.3) is 0 Å². The summed E-state index contributed by atoms with van der Waals surface area (Å²) in [6.07, 6.45) is 0. The van der Waals surface area contributed by atoms with Crippen LogP contribution in [0.2, 0.25) is 0 Å². The highest BCUT2D eigenvalue weighted by molar-refractivity contribution is 8.01. The molecule has 6 heteroatoms. The second-order valence-electron chi connectivity index (χ2n) is 8.28. The molecule has 162 valence electrons. The van der Waals surface area contributed by atoms with E-state index in [1.54, 1.807) is 16.7 Å². The van der Waals surface area contributed by atoms with Crippen LogP contribution >= 0.6 is 11.8 Å². The Bertz CT molecular complexity index is 1210. The van der Waals surface area contributed by atoms with Gasteiger partial charge in [-0.1, -0.05) is 54.6 Å². The number of amides is 3. The van der Waals surface area contributed by atoms with E-state index < -0.39 is 4.87 Å². The Kier molecular flexibility index (Phi) is 5.18. The fourth-order valence-corrected chi connectivity index (χ4v) is 6.06. The quantitative estimate of drug-likeness (QED) is 0.599. The molecule has 0 saturated carbocycles. The van der Waals surface area contributed by atoms with Gasteiger partial charge in [-0.2, -0.15) is 0 Å². The molecule has 2 aliphatic heterocycles. The van der Waals surface area contributed by atoms with Crippen LogP contribution in [0.4, 0.5) is 16.2 Å². The molecule has 2 heterocycles. The monoisotopic (exact) mass is 443 g/mol. The van der Waals surface area contributed by atoms with Crippen LogP contribution in [0, 0.1) is 13.8 Å². The van der Waals surface area contributed by atoms with Gasteiger partial charge in [0.25, 0.3) is 5.91 Å². The van der Waals surface area contributed by atoms with Crippen molar-refractivity contribution >= 4 is 35.1 Å². The van der Waals surface area contributed by atoms with Crippen LogP contribution in [0.5, 0.6) is 0 Å². The summed E-state index contributed by atoms with van der Waals surface area (Å²) in [7, 11) is 0. The minimum atomic E-state index is -1.03. The maximum Gasteiger partial charge on any atom is 0.323 e. The fraction of sp³-hybridized carbons (Fsp3) is 0.231. The number of benzene rings is 3. The molecule has 32 heavy (non-hydrogen) atoms. The van der Waals surface area contributed by atoms with Gasteiger partial charge in [0.05, 0.1) is 12.2 Å². The van der Waals surface area contributed by atoms with Crippen LogP contribution in [0.1, 0.15) is 22.3 Å². The summed E-state index contributed by atoms with van der Waals surface area (Å²) in [5.74, 6) is 0.656. The van der Waals surface area contributed by atoms with E-state index >= 15 is 0 Å². The fourth-order valence-electron chi connectivity index (χ4n) is 4.60. The molecule has 3 amide bonds.